The molecule has 176 valence electrons. The Morgan fingerprint density at radius 2 is 1.44 bits per heavy atom. The Kier molecular flexibility index (Phi) is 8.37. The highest BCUT2D eigenvalue weighted by Crippen LogP contribution is 2.31. The van der Waals surface area contributed by atoms with E-state index in [-0.39, 0.29) is 23.9 Å². The number of hydroxylamine groups is 1. The Labute approximate surface area is 197 Å². The van der Waals surface area contributed by atoms with Crippen LogP contribution in [0.15, 0.2) is 78.9 Å². The lowest BCUT2D eigenvalue weighted by Gasteiger charge is -2.19. The van der Waals surface area contributed by atoms with E-state index < -0.39 is 17.7 Å². The van der Waals surface area contributed by atoms with Crippen molar-refractivity contribution in [1.29, 1.82) is 0 Å². The monoisotopic (exact) mass is 461 g/mol. The number of hydrogen-bond donors (Lipinski definition) is 4. The molecule has 8 heteroatoms. The zero-order valence-corrected chi connectivity index (χ0v) is 18.9. The zero-order chi connectivity index (χ0) is 24.5. The molecule has 3 aromatic carbocycles. The minimum Gasteiger partial charge on any atom is -0.457 e. The van der Waals surface area contributed by atoms with Gasteiger partial charge in [-0.15, -0.1) is 0 Å². The van der Waals surface area contributed by atoms with Gasteiger partial charge in [0.2, 0.25) is 5.91 Å². The number of carbonyl (C=O) groups excluding carboxylic acids is 3. The molecule has 3 aromatic rings. The molecule has 1 unspecified atom stereocenters. The highest BCUT2D eigenvalue weighted by molar-refractivity contribution is 6.10. The zero-order valence-electron chi connectivity index (χ0n) is 18.9. The number of anilines is 2. The summed E-state index contributed by atoms with van der Waals surface area (Å²) in [6.07, 6.45) is 0.235. The van der Waals surface area contributed by atoms with Crippen LogP contribution in [0.4, 0.5) is 11.4 Å². The van der Waals surface area contributed by atoms with Crippen molar-refractivity contribution >= 4 is 29.1 Å². The largest absolute Gasteiger partial charge is 0.457 e. The van der Waals surface area contributed by atoms with Gasteiger partial charge in [0.1, 0.15) is 17.4 Å². The average molecular weight is 462 g/mol. The van der Waals surface area contributed by atoms with Gasteiger partial charge < -0.3 is 15.4 Å². The first-order valence-electron chi connectivity index (χ1n) is 10.9. The fourth-order valence-corrected chi connectivity index (χ4v) is 3.31. The standard InChI is InChI=1S/C26H27N3O5/c1-17(2)15-21(26(32)29-33)25(31)27-22-14-13-20(34-19-11-7-4-8-12-19)16-23(22)28-24(30)18-9-5-3-6-10-18/h3-14,16-17,21,33H,15H2,1-2H3,(H,27,31)(H,28,30)(H,29,32). The van der Waals surface area contributed by atoms with Gasteiger partial charge in [0.15, 0.2) is 0 Å². The molecule has 0 bridgehead atoms. The van der Waals surface area contributed by atoms with Gasteiger partial charge in [-0.2, -0.15) is 0 Å². The van der Waals surface area contributed by atoms with Gasteiger partial charge in [-0.05, 0) is 48.7 Å². The third-order valence-corrected chi connectivity index (χ3v) is 4.96. The van der Waals surface area contributed by atoms with E-state index in [1.807, 2.05) is 32.0 Å². The van der Waals surface area contributed by atoms with Crippen LogP contribution in [0.5, 0.6) is 11.5 Å². The number of hydrogen-bond acceptors (Lipinski definition) is 5. The van der Waals surface area contributed by atoms with E-state index in [9.17, 15) is 14.4 Å². The van der Waals surface area contributed by atoms with Crippen LogP contribution in [-0.2, 0) is 9.59 Å². The normalized spacial score (nSPS) is 11.4. The van der Waals surface area contributed by atoms with Crippen LogP contribution < -0.4 is 20.9 Å². The summed E-state index contributed by atoms with van der Waals surface area (Å²) in [7, 11) is 0. The van der Waals surface area contributed by atoms with Crippen LogP contribution >= 0.6 is 0 Å². The van der Waals surface area contributed by atoms with Crippen LogP contribution in [-0.4, -0.2) is 22.9 Å². The van der Waals surface area contributed by atoms with Gasteiger partial charge in [-0.25, -0.2) is 5.48 Å². The van der Waals surface area contributed by atoms with Crippen molar-refractivity contribution in [3.05, 3.63) is 84.4 Å². The van der Waals surface area contributed by atoms with E-state index in [0.717, 1.165) is 0 Å². The molecule has 0 fully saturated rings. The van der Waals surface area contributed by atoms with Crippen molar-refractivity contribution in [2.75, 3.05) is 10.6 Å². The minimum absolute atomic E-state index is 0.0342. The van der Waals surface area contributed by atoms with E-state index in [0.29, 0.717) is 22.7 Å². The average Bonchev–Trinajstić information content (AvgIpc) is 2.84. The molecule has 0 saturated heterocycles. The van der Waals surface area contributed by atoms with Gasteiger partial charge in [0.25, 0.3) is 11.8 Å². The van der Waals surface area contributed by atoms with Crippen molar-refractivity contribution in [1.82, 2.24) is 5.48 Å². The first-order valence-corrected chi connectivity index (χ1v) is 10.9. The van der Waals surface area contributed by atoms with Crippen molar-refractivity contribution in [2.45, 2.75) is 20.3 Å². The summed E-state index contributed by atoms with van der Waals surface area (Å²) in [4.78, 5) is 37.8. The molecule has 0 aliphatic heterocycles. The molecule has 8 nitrogen and oxygen atoms in total. The molecule has 1 atom stereocenters. The molecule has 0 saturated carbocycles. The summed E-state index contributed by atoms with van der Waals surface area (Å²) in [6.45, 7) is 3.73. The molecular weight excluding hydrogens is 434 g/mol. The Balaban J connectivity index is 1.90. The van der Waals surface area contributed by atoms with E-state index in [1.165, 1.54) is 0 Å². The lowest BCUT2D eigenvalue weighted by Crippen LogP contribution is -2.37. The molecular formula is C26H27N3O5. The summed E-state index contributed by atoms with van der Waals surface area (Å²) in [5.74, 6) is -1.80. The number of rotatable bonds is 9. The highest BCUT2D eigenvalue weighted by atomic mass is 16.5. The van der Waals surface area contributed by atoms with Crippen molar-refractivity contribution in [2.24, 2.45) is 11.8 Å². The summed E-state index contributed by atoms with van der Waals surface area (Å²) in [6, 6.07) is 22.6. The number of ether oxygens (including phenoxy) is 1. The van der Waals surface area contributed by atoms with Gasteiger partial charge in [0.05, 0.1) is 11.4 Å². The number of nitrogens with one attached hydrogen (secondary N) is 3. The predicted molar refractivity (Wildman–Crippen MR) is 129 cm³/mol. The topological polar surface area (TPSA) is 117 Å². The molecule has 0 heterocycles. The first-order chi connectivity index (χ1) is 16.4. The van der Waals surface area contributed by atoms with Crippen molar-refractivity contribution in [3.8, 4) is 11.5 Å². The minimum atomic E-state index is -1.11. The number of amides is 3. The van der Waals surface area contributed by atoms with Crippen LogP contribution in [0.25, 0.3) is 0 Å². The van der Waals surface area contributed by atoms with E-state index in [1.54, 1.807) is 66.1 Å². The fraction of sp³-hybridized carbons (Fsp3) is 0.192. The quantitative estimate of drug-likeness (QED) is 0.207. The summed E-state index contributed by atoms with van der Waals surface area (Å²) in [5, 5.41) is 14.6. The fourth-order valence-electron chi connectivity index (χ4n) is 3.31. The first kappa shape index (κ1) is 24.5. The molecule has 34 heavy (non-hydrogen) atoms. The van der Waals surface area contributed by atoms with Crippen LogP contribution in [0, 0.1) is 11.8 Å². The van der Waals surface area contributed by atoms with Gasteiger partial charge in [0, 0.05) is 11.6 Å². The summed E-state index contributed by atoms with van der Waals surface area (Å²) in [5.41, 5.74) is 2.57. The Morgan fingerprint density at radius 1 is 0.794 bits per heavy atom. The Morgan fingerprint density at radius 3 is 2.06 bits per heavy atom. The molecule has 0 spiro atoms. The number of para-hydroxylation sites is 1. The van der Waals surface area contributed by atoms with Crippen LogP contribution in [0.2, 0.25) is 0 Å². The van der Waals surface area contributed by atoms with E-state index in [2.05, 4.69) is 10.6 Å². The molecule has 0 aliphatic carbocycles. The lowest BCUT2D eigenvalue weighted by molar-refractivity contribution is -0.139. The molecule has 0 aromatic heterocycles. The summed E-state index contributed by atoms with van der Waals surface area (Å²) < 4.78 is 5.86. The highest BCUT2D eigenvalue weighted by Gasteiger charge is 2.28. The predicted octanol–water partition coefficient (Wildman–Crippen LogP) is 4.84. The molecule has 3 amide bonds. The van der Waals surface area contributed by atoms with Gasteiger partial charge in [-0.3, -0.25) is 19.6 Å². The smallest absolute Gasteiger partial charge is 0.255 e. The van der Waals surface area contributed by atoms with E-state index in [4.69, 9.17) is 9.94 Å². The maximum absolute atomic E-state index is 12.9. The molecule has 0 aliphatic rings. The Bertz CT molecular complexity index is 1130. The molecule has 0 radical (unpaired) electrons. The third kappa shape index (κ3) is 6.66. The van der Waals surface area contributed by atoms with Crippen molar-refractivity contribution in [3.63, 3.8) is 0 Å². The second kappa shape index (κ2) is 11.6. The number of benzene rings is 3. The third-order valence-electron chi connectivity index (χ3n) is 4.96. The van der Waals surface area contributed by atoms with Gasteiger partial charge in [-0.1, -0.05) is 50.2 Å². The van der Waals surface area contributed by atoms with Crippen molar-refractivity contribution < 1.29 is 24.3 Å². The lowest BCUT2D eigenvalue weighted by atomic mass is 9.95. The second-order valence-corrected chi connectivity index (χ2v) is 8.09. The maximum Gasteiger partial charge on any atom is 0.255 e. The van der Waals surface area contributed by atoms with Crippen LogP contribution in [0.1, 0.15) is 30.6 Å². The molecule has 4 N–H and O–H groups in total. The maximum atomic E-state index is 12.9. The molecule has 3 rings (SSSR count). The van der Waals surface area contributed by atoms with Gasteiger partial charge >= 0.3 is 0 Å². The van der Waals surface area contributed by atoms with E-state index >= 15 is 0 Å². The summed E-state index contributed by atoms with van der Waals surface area (Å²) >= 11 is 0. The second-order valence-electron chi connectivity index (χ2n) is 8.09. The SMILES string of the molecule is CC(C)CC(C(=O)NO)C(=O)Nc1ccc(Oc2ccccc2)cc1NC(=O)c1ccccc1. The number of carbonyl (C=O) groups is 3. The Hall–Kier alpha value is -4.17. The van der Waals surface area contributed by atoms with Crippen LogP contribution in [0.3, 0.4) is 0 Å².